The summed E-state index contributed by atoms with van der Waals surface area (Å²) in [7, 11) is 0. The van der Waals surface area contributed by atoms with Crippen molar-refractivity contribution in [1.29, 1.82) is 0 Å². The van der Waals surface area contributed by atoms with Crippen LogP contribution in [-0.2, 0) is 11.3 Å². The van der Waals surface area contributed by atoms with E-state index in [2.05, 4.69) is 20.4 Å². The normalized spacial score (nSPS) is 12.4. The van der Waals surface area contributed by atoms with Crippen molar-refractivity contribution in [3.05, 3.63) is 35.3 Å². The summed E-state index contributed by atoms with van der Waals surface area (Å²) in [6.45, 7) is 4.41. The molecule has 9 nitrogen and oxygen atoms in total. The molecule has 9 heteroatoms. The van der Waals surface area contributed by atoms with Gasteiger partial charge in [0.1, 0.15) is 11.2 Å². The van der Waals surface area contributed by atoms with Gasteiger partial charge in [0, 0.05) is 6.54 Å². The zero-order valence-electron chi connectivity index (χ0n) is 14.2. The Balaban J connectivity index is 1.64. The molecule has 2 aromatic heterocycles. The van der Waals surface area contributed by atoms with Gasteiger partial charge < -0.3 is 24.1 Å². The van der Waals surface area contributed by atoms with E-state index in [0.29, 0.717) is 29.2 Å². The third kappa shape index (κ3) is 2.87. The van der Waals surface area contributed by atoms with Gasteiger partial charge in [0.05, 0.1) is 12.3 Å². The minimum Gasteiger partial charge on any atom is -0.460 e. The number of hydrogen-bond donors (Lipinski definition) is 1. The number of carbonyl (C=O) groups is 1. The molecule has 3 heterocycles. The highest BCUT2D eigenvalue weighted by Crippen LogP contribution is 2.33. The molecule has 0 bridgehead atoms. The molecule has 1 N–H and O–H groups in total. The van der Waals surface area contributed by atoms with Crippen LogP contribution >= 0.6 is 0 Å². The smallest absolute Gasteiger partial charge is 0.376 e. The first-order chi connectivity index (χ1) is 12.7. The van der Waals surface area contributed by atoms with Crippen LogP contribution < -0.4 is 14.8 Å². The summed E-state index contributed by atoms with van der Waals surface area (Å²) in [4.78, 5) is 20.4. The zero-order chi connectivity index (χ0) is 18.1. The number of nitrogens with one attached hydrogen (secondary N) is 1. The van der Waals surface area contributed by atoms with E-state index in [1.807, 2.05) is 18.2 Å². The lowest BCUT2D eigenvalue weighted by Gasteiger charge is -2.09. The maximum absolute atomic E-state index is 12.0. The van der Waals surface area contributed by atoms with E-state index in [1.165, 1.54) is 0 Å². The number of fused-ring (bicyclic) bond motifs is 2. The lowest BCUT2D eigenvalue weighted by Crippen LogP contribution is -2.12. The summed E-state index contributed by atoms with van der Waals surface area (Å²) in [5, 5.41) is 7.73. The Labute approximate surface area is 148 Å². The second-order valence-corrected chi connectivity index (χ2v) is 5.61. The van der Waals surface area contributed by atoms with Crippen molar-refractivity contribution in [3.63, 3.8) is 0 Å². The third-order valence-corrected chi connectivity index (χ3v) is 3.86. The van der Waals surface area contributed by atoms with Gasteiger partial charge in [-0.05, 0) is 31.5 Å². The average Bonchev–Trinajstić information content (AvgIpc) is 3.26. The number of hydrogen-bond acceptors (Lipinski definition) is 9. The second-order valence-electron chi connectivity index (χ2n) is 5.61. The summed E-state index contributed by atoms with van der Waals surface area (Å²) in [5.74, 6) is 1.18. The summed E-state index contributed by atoms with van der Waals surface area (Å²) >= 11 is 0. The number of esters is 1. The van der Waals surface area contributed by atoms with E-state index in [0.717, 1.165) is 11.3 Å². The van der Waals surface area contributed by atoms with E-state index in [1.54, 1.807) is 13.8 Å². The molecule has 3 aromatic rings. The first-order valence-electron chi connectivity index (χ1n) is 8.09. The zero-order valence-corrected chi connectivity index (χ0v) is 14.2. The Bertz CT molecular complexity index is 985. The number of aryl methyl sites for hydroxylation is 1. The van der Waals surface area contributed by atoms with E-state index in [4.69, 9.17) is 18.7 Å². The molecular formula is C17H16N4O5. The third-order valence-electron chi connectivity index (χ3n) is 3.86. The van der Waals surface area contributed by atoms with Crippen LogP contribution in [0.5, 0.6) is 11.5 Å². The number of ether oxygens (including phenoxy) is 3. The van der Waals surface area contributed by atoms with Gasteiger partial charge in [0.2, 0.25) is 12.6 Å². The lowest BCUT2D eigenvalue weighted by molar-refractivity contribution is 0.0512. The molecule has 1 aliphatic heterocycles. The molecular weight excluding hydrogens is 340 g/mol. The van der Waals surface area contributed by atoms with Gasteiger partial charge in [-0.3, -0.25) is 0 Å². The summed E-state index contributed by atoms with van der Waals surface area (Å²) in [6.07, 6.45) is 0. The first kappa shape index (κ1) is 16.1. The van der Waals surface area contributed by atoms with Gasteiger partial charge in [-0.1, -0.05) is 11.2 Å². The average molecular weight is 356 g/mol. The Morgan fingerprint density at radius 2 is 2.12 bits per heavy atom. The Hall–Kier alpha value is -3.36. The summed E-state index contributed by atoms with van der Waals surface area (Å²) in [6, 6.07) is 5.66. The van der Waals surface area contributed by atoms with Gasteiger partial charge in [-0.2, -0.15) is 4.98 Å². The second kappa shape index (κ2) is 6.51. The fourth-order valence-corrected chi connectivity index (χ4v) is 2.64. The number of rotatable bonds is 5. The van der Waals surface area contributed by atoms with E-state index in [9.17, 15) is 4.79 Å². The van der Waals surface area contributed by atoms with Crippen LogP contribution in [0.3, 0.4) is 0 Å². The van der Waals surface area contributed by atoms with Crippen molar-refractivity contribution in [2.75, 3.05) is 18.7 Å². The van der Waals surface area contributed by atoms with Crippen LogP contribution in [0.2, 0.25) is 0 Å². The quantitative estimate of drug-likeness (QED) is 0.689. The number of benzene rings is 1. The van der Waals surface area contributed by atoms with E-state index in [-0.39, 0.29) is 24.9 Å². The fourth-order valence-electron chi connectivity index (χ4n) is 2.64. The molecule has 4 rings (SSSR count). The Kier molecular flexibility index (Phi) is 4.04. The van der Waals surface area contributed by atoms with Crippen molar-refractivity contribution in [1.82, 2.24) is 15.1 Å². The number of aromatic nitrogens is 3. The van der Waals surface area contributed by atoms with Crippen LogP contribution in [0.1, 0.15) is 28.8 Å². The van der Waals surface area contributed by atoms with Gasteiger partial charge in [-0.15, -0.1) is 0 Å². The molecule has 0 saturated carbocycles. The molecule has 0 radical (unpaired) electrons. The first-order valence-corrected chi connectivity index (χ1v) is 8.09. The van der Waals surface area contributed by atoms with Crippen molar-refractivity contribution < 1.29 is 23.5 Å². The van der Waals surface area contributed by atoms with Crippen LogP contribution in [0.25, 0.3) is 11.1 Å². The molecule has 0 saturated heterocycles. The standard InChI is InChI=1S/C17H16N4O5/c1-3-23-17(22)15-19-14(13-9(2)21-26-16(13)20-15)18-7-10-4-5-11-12(6-10)25-8-24-11/h4-6H,3,7-8H2,1-2H3,(H,18,19,20). The summed E-state index contributed by atoms with van der Waals surface area (Å²) < 4.78 is 20.8. The van der Waals surface area contributed by atoms with Crippen LogP contribution in [-0.4, -0.2) is 34.5 Å². The number of anilines is 1. The van der Waals surface area contributed by atoms with Crippen molar-refractivity contribution in [2.45, 2.75) is 20.4 Å². The largest absolute Gasteiger partial charge is 0.460 e. The summed E-state index contributed by atoms with van der Waals surface area (Å²) in [5.41, 5.74) is 1.82. The van der Waals surface area contributed by atoms with Crippen LogP contribution in [0.15, 0.2) is 22.7 Å². The van der Waals surface area contributed by atoms with Crippen LogP contribution in [0, 0.1) is 6.92 Å². The van der Waals surface area contributed by atoms with Crippen LogP contribution in [0.4, 0.5) is 5.82 Å². The Morgan fingerprint density at radius 3 is 2.96 bits per heavy atom. The highest BCUT2D eigenvalue weighted by molar-refractivity contribution is 5.93. The predicted molar refractivity (Wildman–Crippen MR) is 90.2 cm³/mol. The Morgan fingerprint density at radius 1 is 1.27 bits per heavy atom. The van der Waals surface area contributed by atoms with Gasteiger partial charge >= 0.3 is 5.97 Å². The van der Waals surface area contributed by atoms with Gasteiger partial charge in [-0.25, -0.2) is 9.78 Å². The highest BCUT2D eigenvalue weighted by Gasteiger charge is 2.20. The van der Waals surface area contributed by atoms with E-state index >= 15 is 0 Å². The van der Waals surface area contributed by atoms with Crippen molar-refractivity contribution in [3.8, 4) is 11.5 Å². The number of carbonyl (C=O) groups excluding carboxylic acids is 1. The molecule has 134 valence electrons. The maximum Gasteiger partial charge on any atom is 0.376 e. The minimum atomic E-state index is -0.616. The van der Waals surface area contributed by atoms with Crippen molar-refractivity contribution >= 4 is 22.9 Å². The van der Waals surface area contributed by atoms with E-state index < -0.39 is 5.97 Å². The fraction of sp³-hybridized carbons (Fsp3) is 0.294. The molecule has 1 aromatic carbocycles. The molecule has 0 aliphatic carbocycles. The molecule has 0 spiro atoms. The molecule has 0 amide bonds. The topological polar surface area (TPSA) is 109 Å². The lowest BCUT2D eigenvalue weighted by atomic mass is 10.2. The SMILES string of the molecule is CCOC(=O)c1nc(NCc2ccc3c(c2)OCO3)c2c(C)noc2n1. The minimum absolute atomic E-state index is 0.0799. The molecule has 0 unspecified atom stereocenters. The van der Waals surface area contributed by atoms with Gasteiger partial charge in [0.15, 0.2) is 11.5 Å². The molecule has 1 aliphatic rings. The molecule has 26 heavy (non-hydrogen) atoms. The monoisotopic (exact) mass is 356 g/mol. The van der Waals surface area contributed by atoms with Gasteiger partial charge in [0.25, 0.3) is 5.71 Å². The van der Waals surface area contributed by atoms with Crippen molar-refractivity contribution in [2.24, 2.45) is 0 Å². The predicted octanol–water partition coefficient (Wildman–Crippen LogP) is 2.44. The molecule has 0 fully saturated rings. The number of nitrogens with zero attached hydrogens (tertiary/aromatic N) is 3. The molecule has 0 atom stereocenters. The maximum atomic E-state index is 12.0. The highest BCUT2D eigenvalue weighted by atomic mass is 16.7.